The first-order valence-corrected chi connectivity index (χ1v) is 9.56. The minimum Gasteiger partial charge on any atom is -0.372 e. The molecule has 5 rings (SSSR count). The van der Waals surface area contributed by atoms with Crippen LogP contribution in [0.15, 0.2) is 41.2 Å². The predicted octanol–water partition coefficient (Wildman–Crippen LogP) is 3.65. The molecule has 0 spiro atoms. The van der Waals surface area contributed by atoms with Gasteiger partial charge in [-0.1, -0.05) is 5.16 Å². The molecule has 6 nitrogen and oxygen atoms in total. The van der Waals surface area contributed by atoms with E-state index >= 15 is 0 Å². The maximum atomic E-state index is 5.59. The molecule has 0 N–H and O–H groups in total. The molecule has 1 atom stereocenters. The third-order valence-electron chi connectivity index (χ3n) is 5.59. The summed E-state index contributed by atoms with van der Waals surface area (Å²) >= 11 is 0. The SMILES string of the molecule is c1cn2c(n1)C[C@H](c1nc(-c3ccc(N4CCCCC4)cc3)no1)CC2. The Bertz CT molecular complexity index is 876. The average molecular weight is 349 g/mol. The number of hydrogen-bond acceptors (Lipinski definition) is 5. The van der Waals surface area contributed by atoms with Gasteiger partial charge in [-0.25, -0.2) is 4.98 Å². The van der Waals surface area contributed by atoms with Crippen LogP contribution in [0, 0.1) is 0 Å². The second-order valence-corrected chi connectivity index (χ2v) is 7.28. The molecule has 2 aromatic heterocycles. The first-order chi connectivity index (χ1) is 12.9. The number of rotatable bonds is 3. The monoisotopic (exact) mass is 349 g/mol. The van der Waals surface area contributed by atoms with Crippen molar-refractivity contribution in [3.63, 3.8) is 0 Å². The lowest BCUT2D eigenvalue weighted by Gasteiger charge is -2.28. The summed E-state index contributed by atoms with van der Waals surface area (Å²) in [5.74, 6) is 2.78. The fourth-order valence-electron chi connectivity index (χ4n) is 4.05. The van der Waals surface area contributed by atoms with Crippen molar-refractivity contribution in [2.45, 2.75) is 44.6 Å². The smallest absolute Gasteiger partial charge is 0.230 e. The van der Waals surface area contributed by atoms with E-state index in [0.29, 0.717) is 5.82 Å². The van der Waals surface area contributed by atoms with Gasteiger partial charge in [0.05, 0.1) is 0 Å². The molecule has 0 aliphatic carbocycles. The van der Waals surface area contributed by atoms with Crippen molar-refractivity contribution in [2.24, 2.45) is 0 Å². The zero-order valence-electron chi connectivity index (χ0n) is 14.8. The number of aryl methyl sites for hydroxylation is 1. The molecule has 0 amide bonds. The minimum atomic E-state index is 0.263. The molecule has 6 heteroatoms. The maximum absolute atomic E-state index is 5.59. The highest BCUT2D eigenvalue weighted by Gasteiger charge is 2.25. The molecule has 26 heavy (non-hydrogen) atoms. The highest BCUT2D eigenvalue weighted by Crippen LogP contribution is 2.30. The fraction of sp³-hybridized carbons (Fsp3) is 0.450. The van der Waals surface area contributed by atoms with E-state index in [2.05, 4.69) is 48.9 Å². The van der Waals surface area contributed by atoms with Gasteiger partial charge in [0.1, 0.15) is 5.82 Å². The van der Waals surface area contributed by atoms with Crippen LogP contribution in [0.3, 0.4) is 0 Å². The van der Waals surface area contributed by atoms with Gasteiger partial charge in [0.25, 0.3) is 0 Å². The van der Waals surface area contributed by atoms with Crippen molar-refractivity contribution in [1.29, 1.82) is 0 Å². The van der Waals surface area contributed by atoms with E-state index < -0.39 is 0 Å². The van der Waals surface area contributed by atoms with E-state index in [1.807, 2.05) is 12.4 Å². The minimum absolute atomic E-state index is 0.263. The zero-order chi connectivity index (χ0) is 17.3. The van der Waals surface area contributed by atoms with Gasteiger partial charge in [0, 0.05) is 55.6 Å². The molecule has 0 bridgehead atoms. The van der Waals surface area contributed by atoms with Crippen molar-refractivity contribution >= 4 is 5.69 Å². The molecule has 0 unspecified atom stereocenters. The molecule has 0 radical (unpaired) electrons. The quantitative estimate of drug-likeness (QED) is 0.722. The Balaban J connectivity index is 1.32. The van der Waals surface area contributed by atoms with Crippen molar-refractivity contribution < 1.29 is 4.52 Å². The Morgan fingerprint density at radius 1 is 1.00 bits per heavy atom. The molecule has 2 aliphatic rings. The van der Waals surface area contributed by atoms with Crippen LogP contribution >= 0.6 is 0 Å². The van der Waals surface area contributed by atoms with Gasteiger partial charge >= 0.3 is 0 Å². The van der Waals surface area contributed by atoms with Crippen LogP contribution in [0.1, 0.15) is 43.3 Å². The third-order valence-corrected chi connectivity index (χ3v) is 5.59. The Labute approximate surface area is 152 Å². The van der Waals surface area contributed by atoms with E-state index in [1.165, 1.54) is 24.9 Å². The lowest BCUT2D eigenvalue weighted by molar-refractivity contribution is 0.323. The number of aromatic nitrogens is 4. The zero-order valence-corrected chi connectivity index (χ0v) is 14.8. The van der Waals surface area contributed by atoms with Crippen molar-refractivity contribution in [3.05, 3.63) is 48.4 Å². The number of nitrogens with zero attached hydrogens (tertiary/aromatic N) is 5. The number of anilines is 1. The van der Waals surface area contributed by atoms with Crippen molar-refractivity contribution in [3.8, 4) is 11.4 Å². The van der Waals surface area contributed by atoms with E-state index in [4.69, 9.17) is 4.52 Å². The van der Waals surface area contributed by atoms with Crippen molar-refractivity contribution in [2.75, 3.05) is 18.0 Å². The van der Waals surface area contributed by atoms with Crippen LogP contribution in [0.2, 0.25) is 0 Å². The lowest BCUT2D eigenvalue weighted by Crippen LogP contribution is -2.29. The van der Waals surface area contributed by atoms with Gasteiger partial charge in [-0.05, 0) is 49.9 Å². The van der Waals surface area contributed by atoms with Gasteiger partial charge in [0.2, 0.25) is 11.7 Å². The summed E-state index contributed by atoms with van der Waals surface area (Å²) < 4.78 is 7.79. The van der Waals surface area contributed by atoms with Crippen molar-refractivity contribution in [1.82, 2.24) is 19.7 Å². The molecule has 2 aliphatic heterocycles. The van der Waals surface area contributed by atoms with Gasteiger partial charge < -0.3 is 14.0 Å². The van der Waals surface area contributed by atoms with E-state index in [9.17, 15) is 0 Å². The Morgan fingerprint density at radius 2 is 1.85 bits per heavy atom. The second-order valence-electron chi connectivity index (χ2n) is 7.28. The Hall–Kier alpha value is -2.63. The van der Waals surface area contributed by atoms with Crippen LogP contribution in [0.5, 0.6) is 0 Å². The van der Waals surface area contributed by atoms with E-state index in [-0.39, 0.29) is 5.92 Å². The number of hydrogen-bond donors (Lipinski definition) is 0. The summed E-state index contributed by atoms with van der Waals surface area (Å²) in [4.78, 5) is 11.6. The molecular weight excluding hydrogens is 326 g/mol. The first-order valence-electron chi connectivity index (χ1n) is 9.56. The van der Waals surface area contributed by atoms with E-state index in [0.717, 1.165) is 49.8 Å². The molecule has 1 saturated heterocycles. The summed E-state index contributed by atoms with van der Waals surface area (Å²) in [6, 6.07) is 8.56. The van der Waals surface area contributed by atoms with Crippen LogP contribution < -0.4 is 4.90 Å². The van der Waals surface area contributed by atoms with E-state index in [1.54, 1.807) is 0 Å². The van der Waals surface area contributed by atoms with Gasteiger partial charge in [-0.2, -0.15) is 4.98 Å². The number of imidazole rings is 1. The summed E-state index contributed by atoms with van der Waals surface area (Å²) in [5, 5.41) is 4.22. The van der Waals surface area contributed by atoms with Crippen LogP contribution in [-0.4, -0.2) is 32.8 Å². The molecular formula is C20H23N5O. The first kappa shape index (κ1) is 15.6. The maximum Gasteiger partial charge on any atom is 0.230 e. The summed E-state index contributed by atoms with van der Waals surface area (Å²) in [7, 11) is 0. The number of fused-ring (bicyclic) bond motifs is 1. The lowest BCUT2D eigenvalue weighted by atomic mass is 9.98. The van der Waals surface area contributed by atoms with Gasteiger partial charge in [0.15, 0.2) is 0 Å². The standard InChI is InChI=1S/C20H23N5O/c1-2-10-24(11-3-1)17-6-4-15(5-7-17)19-22-20(26-23-19)16-8-12-25-13-9-21-18(25)14-16/h4-7,9,13,16H,1-3,8,10-12,14H2/t16-/m1/s1. The molecule has 1 aromatic carbocycles. The van der Waals surface area contributed by atoms with Crippen LogP contribution in [-0.2, 0) is 13.0 Å². The summed E-state index contributed by atoms with van der Waals surface area (Å²) in [6.07, 6.45) is 9.70. The Morgan fingerprint density at radius 3 is 2.69 bits per heavy atom. The highest BCUT2D eigenvalue weighted by molar-refractivity contribution is 5.60. The Kier molecular flexibility index (Phi) is 3.96. The third kappa shape index (κ3) is 2.89. The number of benzene rings is 1. The average Bonchev–Trinajstić information content (AvgIpc) is 3.38. The van der Waals surface area contributed by atoms with Crippen LogP contribution in [0.25, 0.3) is 11.4 Å². The highest BCUT2D eigenvalue weighted by atomic mass is 16.5. The predicted molar refractivity (Wildman–Crippen MR) is 99.1 cm³/mol. The second kappa shape index (κ2) is 6.59. The molecule has 134 valence electrons. The summed E-state index contributed by atoms with van der Waals surface area (Å²) in [5.41, 5.74) is 2.30. The normalized spacial score (nSPS) is 20.2. The number of piperidine rings is 1. The summed E-state index contributed by atoms with van der Waals surface area (Å²) in [6.45, 7) is 3.27. The van der Waals surface area contributed by atoms with Gasteiger partial charge in [-0.15, -0.1) is 0 Å². The molecule has 0 saturated carbocycles. The van der Waals surface area contributed by atoms with Gasteiger partial charge in [-0.3, -0.25) is 0 Å². The molecule has 3 aromatic rings. The molecule has 4 heterocycles. The molecule has 1 fully saturated rings. The fourth-order valence-corrected chi connectivity index (χ4v) is 4.05. The topological polar surface area (TPSA) is 60.0 Å². The van der Waals surface area contributed by atoms with Crippen LogP contribution in [0.4, 0.5) is 5.69 Å². The largest absolute Gasteiger partial charge is 0.372 e.